The molecule has 0 unspecified atom stereocenters. The molecular formula is C24H22N2O4S. The predicted molar refractivity (Wildman–Crippen MR) is 121 cm³/mol. The number of rotatable bonds is 6. The van der Waals surface area contributed by atoms with E-state index < -0.39 is 0 Å². The molecule has 158 valence electrons. The number of amides is 1. The number of methoxy groups -OCH3 is 1. The van der Waals surface area contributed by atoms with Gasteiger partial charge in [-0.05, 0) is 42.0 Å². The van der Waals surface area contributed by atoms with Crippen molar-refractivity contribution in [1.29, 1.82) is 0 Å². The Bertz CT molecular complexity index is 1330. The highest BCUT2D eigenvalue weighted by atomic mass is 32.1. The first-order chi connectivity index (χ1) is 15.1. The standard InChI is InChI=1S/C24H22N2O4S/c1-3-30-23(28)17-11-12-20-21(15-17)31-24(26(20)13-14-29-2)25-22(27)19-10-6-8-16-7-4-5-9-18(16)19/h4-12,15H,3,13-14H2,1-2H3. The molecule has 0 aliphatic carbocycles. The lowest BCUT2D eigenvalue weighted by Crippen LogP contribution is -2.19. The second-order valence-corrected chi connectivity index (χ2v) is 7.88. The van der Waals surface area contributed by atoms with E-state index in [-0.39, 0.29) is 11.9 Å². The molecule has 0 N–H and O–H groups in total. The van der Waals surface area contributed by atoms with Crippen LogP contribution in [0.1, 0.15) is 27.6 Å². The molecule has 1 amide bonds. The van der Waals surface area contributed by atoms with Crippen LogP contribution in [-0.4, -0.2) is 36.8 Å². The smallest absolute Gasteiger partial charge is 0.338 e. The zero-order valence-corrected chi connectivity index (χ0v) is 18.1. The number of ether oxygens (including phenoxy) is 2. The van der Waals surface area contributed by atoms with Crippen molar-refractivity contribution in [2.24, 2.45) is 4.99 Å². The van der Waals surface area contributed by atoms with Crippen LogP contribution in [-0.2, 0) is 16.0 Å². The third-order valence-corrected chi connectivity index (χ3v) is 5.97. The highest BCUT2D eigenvalue weighted by Crippen LogP contribution is 2.22. The number of thiazole rings is 1. The normalized spacial score (nSPS) is 11.9. The minimum absolute atomic E-state index is 0.305. The molecule has 0 atom stereocenters. The summed E-state index contributed by atoms with van der Waals surface area (Å²) in [7, 11) is 1.63. The molecule has 1 aromatic heterocycles. The summed E-state index contributed by atoms with van der Waals surface area (Å²) >= 11 is 1.36. The van der Waals surface area contributed by atoms with E-state index in [4.69, 9.17) is 9.47 Å². The van der Waals surface area contributed by atoms with E-state index >= 15 is 0 Å². The first-order valence-corrected chi connectivity index (χ1v) is 10.8. The van der Waals surface area contributed by atoms with Crippen LogP contribution in [0, 0.1) is 0 Å². The molecule has 3 aromatic carbocycles. The predicted octanol–water partition coefficient (Wildman–Crippen LogP) is 4.42. The van der Waals surface area contributed by atoms with E-state index in [0.29, 0.717) is 35.7 Å². The molecule has 0 radical (unpaired) electrons. The molecule has 0 saturated heterocycles. The summed E-state index contributed by atoms with van der Waals surface area (Å²) in [5, 5.41) is 1.86. The van der Waals surface area contributed by atoms with E-state index in [1.165, 1.54) is 11.3 Å². The molecule has 4 rings (SSSR count). The summed E-state index contributed by atoms with van der Waals surface area (Å²) in [6.45, 7) is 3.10. The molecular weight excluding hydrogens is 412 g/mol. The zero-order chi connectivity index (χ0) is 21.8. The molecule has 0 bridgehead atoms. The van der Waals surface area contributed by atoms with Gasteiger partial charge in [-0.3, -0.25) is 4.79 Å². The number of fused-ring (bicyclic) bond motifs is 2. The van der Waals surface area contributed by atoms with Gasteiger partial charge in [0.2, 0.25) is 0 Å². The summed E-state index contributed by atoms with van der Waals surface area (Å²) in [4.78, 5) is 30.2. The van der Waals surface area contributed by atoms with Crippen LogP contribution in [0.25, 0.3) is 21.0 Å². The maximum absolute atomic E-state index is 13.1. The summed E-state index contributed by atoms with van der Waals surface area (Å²) in [5.41, 5.74) is 1.92. The van der Waals surface area contributed by atoms with Crippen molar-refractivity contribution in [1.82, 2.24) is 4.57 Å². The highest BCUT2D eigenvalue weighted by Gasteiger charge is 2.14. The second-order valence-electron chi connectivity index (χ2n) is 6.88. The van der Waals surface area contributed by atoms with Gasteiger partial charge in [0, 0.05) is 19.2 Å². The van der Waals surface area contributed by atoms with Crippen LogP contribution in [0.4, 0.5) is 0 Å². The molecule has 6 nitrogen and oxygen atoms in total. The van der Waals surface area contributed by atoms with Crippen molar-refractivity contribution >= 4 is 44.2 Å². The quantitative estimate of drug-likeness (QED) is 0.421. The number of aromatic nitrogens is 1. The van der Waals surface area contributed by atoms with Gasteiger partial charge < -0.3 is 14.0 Å². The van der Waals surface area contributed by atoms with Gasteiger partial charge in [-0.1, -0.05) is 47.7 Å². The van der Waals surface area contributed by atoms with Crippen LogP contribution in [0.2, 0.25) is 0 Å². The first kappa shape index (κ1) is 21.0. The molecule has 7 heteroatoms. The summed E-state index contributed by atoms with van der Waals surface area (Å²) in [6, 6.07) is 18.7. The van der Waals surface area contributed by atoms with E-state index in [1.807, 2.05) is 47.0 Å². The van der Waals surface area contributed by atoms with Crippen molar-refractivity contribution in [2.45, 2.75) is 13.5 Å². The van der Waals surface area contributed by atoms with E-state index in [1.54, 1.807) is 32.2 Å². The van der Waals surface area contributed by atoms with Crippen LogP contribution in [0.5, 0.6) is 0 Å². The monoisotopic (exact) mass is 434 g/mol. The number of nitrogens with zero attached hydrogens (tertiary/aromatic N) is 2. The maximum Gasteiger partial charge on any atom is 0.338 e. The van der Waals surface area contributed by atoms with Crippen LogP contribution in [0.3, 0.4) is 0 Å². The summed E-state index contributed by atoms with van der Waals surface area (Å²) < 4.78 is 13.1. The molecule has 0 spiro atoms. The fourth-order valence-electron chi connectivity index (χ4n) is 3.46. The average Bonchev–Trinajstić information content (AvgIpc) is 3.13. The van der Waals surface area contributed by atoms with Crippen molar-refractivity contribution in [3.05, 3.63) is 76.6 Å². The Hall–Kier alpha value is -3.29. The van der Waals surface area contributed by atoms with Crippen molar-refractivity contribution in [3.63, 3.8) is 0 Å². The second kappa shape index (κ2) is 9.24. The lowest BCUT2D eigenvalue weighted by atomic mass is 10.0. The van der Waals surface area contributed by atoms with Gasteiger partial charge in [-0.2, -0.15) is 4.99 Å². The Morgan fingerprint density at radius 3 is 2.68 bits per heavy atom. The van der Waals surface area contributed by atoms with E-state index in [2.05, 4.69) is 4.99 Å². The molecule has 0 aliphatic heterocycles. The number of hydrogen-bond acceptors (Lipinski definition) is 5. The van der Waals surface area contributed by atoms with Gasteiger partial charge in [0.15, 0.2) is 4.80 Å². The van der Waals surface area contributed by atoms with E-state index in [9.17, 15) is 9.59 Å². The van der Waals surface area contributed by atoms with Gasteiger partial charge in [0.1, 0.15) is 0 Å². The third-order valence-electron chi connectivity index (χ3n) is 4.93. The number of benzene rings is 3. The molecule has 1 heterocycles. The number of carbonyl (C=O) groups excluding carboxylic acids is 2. The summed E-state index contributed by atoms with van der Waals surface area (Å²) in [6.07, 6.45) is 0. The first-order valence-electron chi connectivity index (χ1n) is 9.98. The lowest BCUT2D eigenvalue weighted by molar-refractivity contribution is 0.0526. The Morgan fingerprint density at radius 1 is 1.06 bits per heavy atom. The topological polar surface area (TPSA) is 69.9 Å². The maximum atomic E-state index is 13.1. The minimum atomic E-state index is -0.369. The Morgan fingerprint density at radius 2 is 1.87 bits per heavy atom. The fraction of sp³-hybridized carbons (Fsp3) is 0.208. The number of esters is 1. The number of carbonyl (C=O) groups is 2. The minimum Gasteiger partial charge on any atom is -0.462 e. The molecule has 0 aliphatic rings. The molecule has 0 saturated carbocycles. The van der Waals surface area contributed by atoms with Gasteiger partial charge in [0.05, 0.1) is 29.0 Å². The van der Waals surface area contributed by atoms with Crippen LogP contribution < -0.4 is 4.80 Å². The van der Waals surface area contributed by atoms with Crippen molar-refractivity contribution in [3.8, 4) is 0 Å². The van der Waals surface area contributed by atoms with Gasteiger partial charge >= 0.3 is 5.97 Å². The Balaban J connectivity index is 1.83. The zero-order valence-electron chi connectivity index (χ0n) is 17.3. The number of hydrogen-bond donors (Lipinski definition) is 0. The summed E-state index contributed by atoms with van der Waals surface area (Å²) in [5.74, 6) is -0.674. The highest BCUT2D eigenvalue weighted by molar-refractivity contribution is 7.16. The molecule has 31 heavy (non-hydrogen) atoms. The van der Waals surface area contributed by atoms with Crippen LogP contribution in [0.15, 0.2) is 65.7 Å². The Kier molecular flexibility index (Phi) is 6.25. The molecule has 4 aromatic rings. The van der Waals surface area contributed by atoms with Gasteiger partial charge in [-0.25, -0.2) is 4.79 Å². The fourth-order valence-corrected chi connectivity index (χ4v) is 4.55. The van der Waals surface area contributed by atoms with Gasteiger partial charge in [0.25, 0.3) is 5.91 Å². The lowest BCUT2D eigenvalue weighted by Gasteiger charge is -2.06. The van der Waals surface area contributed by atoms with E-state index in [0.717, 1.165) is 21.0 Å². The van der Waals surface area contributed by atoms with Gasteiger partial charge in [-0.15, -0.1) is 0 Å². The van der Waals surface area contributed by atoms with Crippen molar-refractivity contribution < 1.29 is 19.1 Å². The third kappa shape index (κ3) is 4.28. The Labute approximate surface area is 183 Å². The average molecular weight is 435 g/mol. The molecule has 0 fully saturated rings. The largest absolute Gasteiger partial charge is 0.462 e. The van der Waals surface area contributed by atoms with Crippen LogP contribution >= 0.6 is 11.3 Å². The van der Waals surface area contributed by atoms with Crippen molar-refractivity contribution in [2.75, 3.05) is 20.3 Å². The SMILES string of the molecule is CCOC(=O)c1ccc2c(c1)sc(=NC(=O)c1cccc3ccccc13)n2CCOC.